The summed E-state index contributed by atoms with van der Waals surface area (Å²) in [5.41, 5.74) is 4.31. The number of nitrogens with zero attached hydrogens (tertiary/aromatic N) is 3. The highest BCUT2D eigenvalue weighted by molar-refractivity contribution is 7.09. The minimum atomic E-state index is -0.0544. The van der Waals surface area contributed by atoms with E-state index >= 15 is 0 Å². The van der Waals surface area contributed by atoms with E-state index in [0.29, 0.717) is 6.54 Å². The average Bonchev–Trinajstić information content (AvgIpc) is 3.10. The number of aromatic nitrogens is 1. The fraction of sp³-hybridized carbons (Fsp3) is 0.524. The predicted molar refractivity (Wildman–Crippen MR) is 111 cm³/mol. The van der Waals surface area contributed by atoms with Crippen molar-refractivity contribution >= 4 is 17.2 Å². The van der Waals surface area contributed by atoms with E-state index in [0.717, 1.165) is 60.4 Å². The largest absolute Gasteiger partial charge is 0.483 e. The molecule has 7 heteroatoms. The molecule has 0 saturated carbocycles. The zero-order valence-electron chi connectivity index (χ0n) is 17.2. The summed E-state index contributed by atoms with van der Waals surface area (Å²) in [4.78, 5) is 21.2. The first kappa shape index (κ1) is 20.8. The molecular weight excluding hydrogens is 374 g/mol. The van der Waals surface area contributed by atoms with Crippen LogP contribution in [-0.4, -0.2) is 60.6 Å². The summed E-state index contributed by atoms with van der Waals surface area (Å²) in [7, 11) is 1.79. The van der Waals surface area contributed by atoms with Crippen molar-refractivity contribution in [3.05, 3.63) is 44.9 Å². The van der Waals surface area contributed by atoms with Crippen molar-refractivity contribution in [2.24, 2.45) is 0 Å². The first-order valence-corrected chi connectivity index (χ1v) is 10.5. The molecule has 152 valence electrons. The quantitative estimate of drug-likeness (QED) is 0.711. The lowest BCUT2D eigenvalue weighted by Crippen LogP contribution is -2.35. The molecule has 2 aromatic rings. The van der Waals surface area contributed by atoms with Crippen LogP contribution in [0.25, 0.3) is 0 Å². The number of carbonyl (C=O) groups excluding carboxylic acids is 1. The highest BCUT2D eigenvalue weighted by Crippen LogP contribution is 2.23. The maximum Gasteiger partial charge on any atom is 0.260 e. The number of carbonyl (C=O) groups is 1. The van der Waals surface area contributed by atoms with Crippen molar-refractivity contribution in [3.63, 3.8) is 0 Å². The molecule has 1 aliphatic rings. The molecule has 1 amide bonds. The number of likely N-dealkylation sites (N-methyl/N-ethyl adjacent to an activating group) is 1. The lowest BCUT2D eigenvalue weighted by Gasteiger charge is -2.25. The Hall–Kier alpha value is -1.96. The number of aryl methyl sites for hydroxylation is 2. The second-order valence-corrected chi connectivity index (χ2v) is 8.31. The van der Waals surface area contributed by atoms with Crippen LogP contribution in [0.1, 0.15) is 27.4 Å². The molecule has 2 heterocycles. The average molecular weight is 404 g/mol. The number of amides is 1. The van der Waals surface area contributed by atoms with Crippen molar-refractivity contribution in [3.8, 4) is 5.75 Å². The van der Waals surface area contributed by atoms with E-state index in [-0.39, 0.29) is 12.5 Å². The molecule has 1 aromatic heterocycles. The molecule has 1 saturated heterocycles. The molecular formula is C21H29N3O3S. The van der Waals surface area contributed by atoms with Crippen molar-refractivity contribution in [1.29, 1.82) is 0 Å². The Morgan fingerprint density at radius 1 is 1.29 bits per heavy atom. The Morgan fingerprint density at radius 2 is 2.04 bits per heavy atom. The Labute approximate surface area is 171 Å². The lowest BCUT2D eigenvalue weighted by molar-refractivity contribution is -0.132. The molecule has 1 aliphatic heterocycles. The third-order valence-electron chi connectivity index (χ3n) is 5.00. The Bertz CT molecular complexity index is 815. The molecule has 28 heavy (non-hydrogen) atoms. The van der Waals surface area contributed by atoms with E-state index < -0.39 is 0 Å². The number of benzene rings is 1. The van der Waals surface area contributed by atoms with Crippen LogP contribution in [0.3, 0.4) is 0 Å². The highest BCUT2D eigenvalue weighted by Gasteiger charge is 2.16. The van der Waals surface area contributed by atoms with E-state index in [1.165, 1.54) is 5.56 Å². The molecule has 1 fully saturated rings. The normalized spacial score (nSPS) is 14.9. The van der Waals surface area contributed by atoms with Crippen molar-refractivity contribution < 1.29 is 14.3 Å². The molecule has 0 radical (unpaired) electrons. The zero-order valence-corrected chi connectivity index (χ0v) is 18.0. The molecule has 0 atom stereocenters. The van der Waals surface area contributed by atoms with Crippen LogP contribution in [0, 0.1) is 20.8 Å². The predicted octanol–water partition coefficient (Wildman–Crippen LogP) is 2.94. The standard InChI is InChI=1S/C21H29N3O3S/c1-15-9-16(2)17(3)19(10-15)27-13-21(25)23(4)11-18-14-28-20(22-18)12-24-5-7-26-8-6-24/h9-10,14H,5-8,11-13H2,1-4H3. The number of ether oxygens (including phenoxy) is 2. The van der Waals surface area contributed by atoms with Crippen LogP contribution in [0.5, 0.6) is 5.75 Å². The van der Waals surface area contributed by atoms with Crippen LogP contribution in [0.15, 0.2) is 17.5 Å². The number of rotatable bonds is 7. The van der Waals surface area contributed by atoms with Gasteiger partial charge in [0.2, 0.25) is 0 Å². The molecule has 6 nitrogen and oxygen atoms in total. The van der Waals surface area contributed by atoms with E-state index in [1.54, 1.807) is 23.3 Å². The van der Waals surface area contributed by atoms with Gasteiger partial charge in [0.25, 0.3) is 5.91 Å². The summed E-state index contributed by atoms with van der Waals surface area (Å²) in [6.45, 7) is 10.9. The molecule has 1 aromatic carbocycles. The molecule has 0 aliphatic carbocycles. The summed E-state index contributed by atoms with van der Waals surface area (Å²) in [6.07, 6.45) is 0. The van der Waals surface area contributed by atoms with Gasteiger partial charge in [-0.3, -0.25) is 9.69 Å². The van der Waals surface area contributed by atoms with Gasteiger partial charge >= 0.3 is 0 Å². The van der Waals surface area contributed by atoms with Crippen molar-refractivity contribution in [2.75, 3.05) is 40.0 Å². The van der Waals surface area contributed by atoms with Gasteiger partial charge in [0.15, 0.2) is 6.61 Å². The third kappa shape index (κ3) is 5.53. The van der Waals surface area contributed by atoms with E-state index in [1.807, 2.05) is 25.3 Å². The van der Waals surface area contributed by atoms with Crippen LogP contribution in [-0.2, 0) is 22.6 Å². The number of hydrogen-bond acceptors (Lipinski definition) is 6. The monoisotopic (exact) mass is 403 g/mol. The maximum atomic E-state index is 12.5. The minimum Gasteiger partial charge on any atom is -0.483 e. The smallest absolute Gasteiger partial charge is 0.260 e. The second-order valence-electron chi connectivity index (χ2n) is 7.36. The van der Waals surface area contributed by atoms with Gasteiger partial charge in [0.1, 0.15) is 10.8 Å². The summed E-state index contributed by atoms with van der Waals surface area (Å²) < 4.78 is 11.2. The molecule has 0 bridgehead atoms. The maximum absolute atomic E-state index is 12.5. The summed E-state index contributed by atoms with van der Waals surface area (Å²) in [5.74, 6) is 0.724. The van der Waals surface area contributed by atoms with E-state index in [2.05, 4.69) is 22.9 Å². The minimum absolute atomic E-state index is 0.0327. The molecule has 3 rings (SSSR count). The Kier molecular flexibility index (Phi) is 7.04. The van der Waals surface area contributed by atoms with Crippen molar-refractivity contribution in [1.82, 2.24) is 14.8 Å². The summed E-state index contributed by atoms with van der Waals surface area (Å²) in [5, 5.41) is 3.12. The lowest BCUT2D eigenvalue weighted by atomic mass is 10.1. The Balaban J connectivity index is 1.50. The Morgan fingerprint density at radius 3 is 2.79 bits per heavy atom. The van der Waals surface area contributed by atoms with Crippen LogP contribution >= 0.6 is 11.3 Å². The van der Waals surface area contributed by atoms with Gasteiger partial charge in [-0.05, 0) is 43.5 Å². The van der Waals surface area contributed by atoms with E-state index in [4.69, 9.17) is 9.47 Å². The number of morpholine rings is 1. The molecule has 0 N–H and O–H groups in total. The van der Waals surface area contributed by atoms with Gasteiger partial charge in [0.05, 0.1) is 32.0 Å². The first-order valence-electron chi connectivity index (χ1n) is 9.60. The fourth-order valence-corrected chi connectivity index (χ4v) is 4.00. The van der Waals surface area contributed by atoms with Gasteiger partial charge in [-0.15, -0.1) is 11.3 Å². The second kappa shape index (κ2) is 9.49. The fourth-order valence-electron chi connectivity index (χ4n) is 3.18. The molecule has 0 spiro atoms. The summed E-state index contributed by atoms with van der Waals surface area (Å²) >= 11 is 1.65. The van der Waals surface area contributed by atoms with Gasteiger partial charge < -0.3 is 14.4 Å². The van der Waals surface area contributed by atoms with Gasteiger partial charge in [-0.2, -0.15) is 0 Å². The van der Waals surface area contributed by atoms with Gasteiger partial charge in [-0.25, -0.2) is 4.98 Å². The SMILES string of the molecule is Cc1cc(C)c(C)c(OCC(=O)N(C)Cc2csc(CN3CCOCC3)n2)c1. The highest BCUT2D eigenvalue weighted by atomic mass is 32.1. The van der Waals surface area contributed by atoms with Crippen LogP contribution < -0.4 is 4.74 Å². The van der Waals surface area contributed by atoms with Crippen LogP contribution in [0.4, 0.5) is 0 Å². The number of thiazole rings is 1. The van der Waals surface area contributed by atoms with Gasteiger partial charge in [0, 0.05) is 25.5 Å². The number of hydrogen-bond donors (Lipinski definition) is 0. The van der Waals surface area contributed by atoms with Gasteiger partial charge in [-0.1, -0.05) is 6.07 Å². The summed E-state index contributed by atoms with van der Waals surface area (Å²) in [6, 6.07) is 4.10. The zero-order chi connectivity index (χ0) is 20.1. The first-order chi connectivity index (χ1) is 13.4. The third-order valence-corrected chi connectivity index (χ3v) is 5.88. The van der Waals surface area contributed by atoms with Crippen LogP contribution in [0.2, 0.25) is 0 Å². The topological polar surface area (TPSA) is 54.9 Å². The van der Waals surface area contributed by atoms with Crippen molar-refractivity contribution in [2.45, 2.75) is 33.9 Å². The molecule has 0 unspecified atom stereocenters. The van der Waals surface area contributed by atoms with E-state index in [9.17, 15) is 4.79 Å².